The lowest BCUT2D eigenvalue weighted by Crippen LogP contribution is -2.56. The van der Waals surface area contributed by atoms with Crippen molar-refractivity contribution < 1.29 is 0 Å². The standard InChI is InChI=1S/C24H40B/c1-14-18-10-16(23(18,6)7)12-20(14)25(22(3,4)5)21-13-17-11-19(15(21)2)24(17,8)9/h12-19,25H,10-11H2,1-9H3/q-1. The highest BCUT2D eigenvalue weighted by Crippen LogP contribution is 2.65. The highest BCUT2D eigenvalue weighted by Gasteiger charge is 2.55. The molecule has 6 atom stereocenters. The van der Waals surface area contributed by atoms with Gasteiger partial charge in [-0.3, -0.25) is 0 Å². The summed E-state index contributed by atoms with van der Waals surface area (Å²) in [7, 11) is 0. The van der Waals surface area contributed by atoms with Crippen LogP contribution in [-0.4, -0.2) is 6.71 Å². The summed E-state index contributed by atoms with van der Waals surface area (Å²) in [6.07, 6.45) is 8.44. The van der Waals surface area contributed by atoms with Crippen molar-refractivity contribution >= 4 is 6.71 Å². The number of hydrogen-bond donors (Lipinski definition) is 0. The third-order valence-corrected chi connectivity index (χ3v) is 9.92. The lowest BCUT2D eigenvalue weighted by Gasteiger charge is -2.65. The van der Waals surface area contributed by atoms with E-state index in [9.17, 15) is 0 Å². The van der Waals surface area contributed by atoms with Crippen molar-refractivity contribution in [3.05, 3.63) is 23.1 Å². The maximum Gasteiger partial charge on any atom is 0.0357 e. The third-order valence-electron chi connectivity index (χ3n) is 9.92. The molecule has 0 aromatic heterocycles. The highest BCUT2D eigenvalue weighted by molar-refractivity contribution is 6.76. The highest BCUT2D eigenvalue weighted by atomic mass is 14.6. The first kappa shape index (κ1) is 17.9. The van der Waals surface area contributed by atoms with Crippen molar-refractivity contribution in [2.75, 3.05) is 0 Å². The van der Waals surface area contributed by atoms with Gasteiger partial charge in [0.1, 0.15) is 0 Å². The summed E-state index contributed by atoms with van der Waals surface area (Å²) in [4.78, 5) is 0. The van der Waals surface area contributed by atoms with Gasteiger partial charge >= 0.3 is 0 Å². The molecule has 1 heteroatoms. The third kappa shape index (κ3) is 2.26. The molecular formula is C24H40B-. The average Bonchev–Trinajstić information content (AvgIpc) is 2.48. The van der Waals surface area contributed by atoms with Crippen molar-refractivity contribution in [2.24, 2.45) is 46.3 Å². The van der Waals surface area contributed by atoms with Crippen molar-refractivity contribution in [1.29, 1.82) is 0 Å². The van der Waals surface area contributed by atoms with Crippen LogP contribution >= 0.6 is 0 Å². The molecule has 6 unspecified atom stereocenters. The van der Waals surface area contributed by atoms with Crippen LogP contribution in [0.4, 0.5) is 0 Å². The lowest BCUT2D eigenvalue weighted by molar-refractivity contribution is -0.0308. The predicted octanol–water partition coefficient (Wildman–Crippen LogP) is 6.57. The van der Waals surface area contributed by atoms with Crippen LogP contribution in [0, 0.1) is 46.3 Å². The van der Waals surface area contributed by atoms with E-state index in [0.29, 0.717) is 16.1 Å². The number of hydrogen-bond acceptors (Lipinski definition) is 0. The molecule has 6 aliphatic carbocycles. The molecule has 0 aromatic rings. The molecule has 2 fully saturated rings. The molecule has 0 nitrogen and oxygen atoms in total. The Morgan fingerprint density at radius 3 is 1.40 bits per heavy atom. The summed E-state index contributed by atoms with van der Waals surface area (Å²) < 4.78 is 0. The van der Waals surface area contributed by atoms with Gasteiger partial charge < -0.3 is 0 Å². The quantitative estimate of drug-likeness (QED) is 0.499. The van der Waals surface area contributed by atoms with Gasteiger partial charge in [0.05, 0.1) is 0 Å². The molecule has 6 rings (SSSR count). The first-order valence-corrected chi connectivity index (χ1v) is 11.0. The fourth-order valence-corrected chi connectivity index (χ4v) is 7.93. The van der Waals surface area contributed by atoms with E-state index >= 15 is 0 Å². The number of allylic oxidation sites excluding steroid dienone is 4. The Bertz CT molecular complexity index is 591. The van der Waals surface area contributed by atoms with Crippen LogP contribution in [0.3, 0.4) is 0 Å². The van der Waals surface area contributed by atoms with Crippen LogP contribution in [0.25, 0.3) is 0 Å². The van der Waals surface area contributed by atoms with Gasteiger partial charge in [0, 0.05) is 6.71 Å². The number of fused-ring (bicyclic) bond motifs is 2. The lowest BCUT2D eigenvalue weighted by atomic mass is 9.20. The van der Waals surface area contributed by atoms with E-state index in [1.807, 2.05) is 10.9 Å². The molecule has 0 N–H and O–H groups in total. The van der Waals surface area contributed by atoms with E-state index in [-0.39, 0.29) is 0 Å². The summed E-state index contributed by atoms with van der Waals surface area (Å²) in [5, 5.41) is 0.405. The molecule has 25 heavy (non-hydrogen) atoms. The van der Waals surface area contributed by atoms with E-state index in [1.165, 1.54) is 12.8 Å². The molecule has 0 aromatic carbocycles. The molecule has 2 saturated carbocycles. The Morgan fingerprint density at radius 1 is 0.800 bits per heavy atom. The van der Waals surface area contributed by atoms with Crippen molar-refractivity contribution in [2.45, 2.75) is 80.5 Å². The van der Waals surface area contributed by atoms with Gasteiger partial charge in [-0.1, -0.05) is 74.1 Å². The molecule has 0 saturated heterocycles. The second-order valence-corrected chi connectivity index (χ2v) is 12.7. The molecule has 0 heterocycles. The first-order valence-electron chi connectivity index (χ1n) is 11.0. The summed E-state index contributed by atoms with van der Waals surface area (Å²) in [6, 6.07) is 0. The van der Waals surface area contributed by atoms with Gasteiger partial charge in [0.15, 0.2) is 0 Å². The molecule has 0 amide bonds. The van der Waals surface area contributed by atoms with Crippen molar-refractivity contribution in [3.8, 4) is 0 Å². The van der Waals surface area contributed by atoms with Gasteiger partial charge in [-0.15, -0.1) is 12.2 Å². The Morgan fingerprint density at radius 2 is 1.16 bits per heavy atom. The van der Waals surface area contributed by atoms with Crippen LogP contribution in [0.1, 0.15) is 75.2 Å². The van der Waals surface area contributed by atoms with Crippen LogP contribution in [-0.2, 0) is 0 Å². The fraction of sp³-hybridized carbons (Fsp3) is 0.833. The SMILES string of the molecule is CC1C([BH-](C2=CC3CC(C2C)C3(C)C)C(C)(C)C)=CC2CC1C2(C)C. The van der Waals surface area contributed by atoms with E-state index < -0.39 is 6.71 Å². The monoisotopic (exact) mass is 339 g/mol. The molecule has 0 spiro atoms. The van der Waals surface area contributed by atoms with Gasteiger partial charge in [-0.05, 0) is 47.3 Å². The van der Waals surface area contributed by atoms with E-state index in [0.717, 1.165) is 35.5 Å². The van der Waals surface area contributed by atoms with Crippen LogP contribution < -0.4 is 0 Å². The molecule has 4 bridgehead atoms. The van der Waals surface area contributed by atoms with E-state index in [4.69, 9.17) is 0 Å². The van der Waals surface area contributed by atoms with Crippen LogP contribution in [0.5, 0.6) is 0 Å². The summed E-state index contributed by atoms with van der Waals surface area (Å²) in [5.41, 5.74) is 4.85. The molecule has 140 valence electrons. The Kier molecular flexibility index (Phi) is 3.64. The minimum Gasteiger partial charge on any atom is -0.230 e. The fourth-order valence-electron chi connectivity index (χ4n) is 7.93. The van der Waals surface area contributed by atoms with Crippen molar-refractivity contribution in [3.63, 3.8) is 0 Å². The Balaban J connectivity index is 1.75. The summed E-state index contributed by atoms with van der Waals surface area (Å²) >= 11 is 0. The predicted molar refractivity (Wildman–Crippen MR) is 112 cm³/mol. The first-order chi connectivity index (χ1) is 11.4. The summed E-state index contributed by atoms with van der Waals surface area (Å²) in [6.45, 7) is 22.3. The second kappa shape index (κ2) is 5.08. The zero-order valence-electron chi connectivity index (χ0n) is 18.2. The normalized spacial score (nSPS) is 44.8. The molecule has 0 aliphatic heterocycles. The minimum absolute atomic E-state index is 0.405. The van der Waals surface area contributed by atoms with Gasteiger partial charge in [-0.2, -0.15) is 5.31 Å². The van der Waals surface area contributed by atoms with Gasteiger partial charge in [-0.25, -0.2) is 10.9 Å². The van der Waals surface area contributed by atoms with Gasteiger partial charge in [0.25, 0.3) is 0 Å². The second-order valence-electron chi connectivity index (χ2n) is 12.7. The van der Waals surface area contributed by atoms with E-state index in [2.05, 4.69) is 74.5 Å². The Labute approximate surface area is 157 Å². The van der Waals surface area contributed by atoms with E-state index in [1.54, 1.807) is 0 Å². The zero-order valence-corrected chi connectivity index (χ0v) is 18.2. The number of rotatable bonds is 2. The zero-order chi connectivity index (χ0) is 18.5. The van der Waals surface area contributed by atoms with Crippen LogP contribution in [0.2, 0.25) is 5.31 Å². The molecule has 6 aliphatic rings. The molecular weight excluding hydrogens is 299 g/mol. The maximum atomic E-state index is 2.77. The smallest absolute Gasteiger partial charge is 0.0357 e. The van der Waals surface area contributed by atoms with Crippen LogP contribution in [0.15, 0.2) is 23.1 Å². The molecule has 0 radical (unpaired) electrons. The summed E-state index contributed by atoms with van der Waals surface area (Å²) in [5.74, 6) is 5.09. The maximum absolute atomic E-state index is 2.77. The largest absolute Gasteiger partial charge is 0.230 e. The average molecular weight is 339 g/mol. The topological polar surface area (TPSA) is 0 Å². The van der Waals surface area contributed by atoms with Crippen molar-refractivity contribution in [1.82, 2.24) is 0 Å². The Hall–Kier alpha value is -0.455. The van der Waals surface area contributed by atoms with Gasteiger partial charge in [0.2, 0.25) is 0 Å². The minimum atomic E-state index is -0.405.